The maximum Gasteiger partial charge on any atom is 0.322 e. The first-order valence-electron chi connectivity index (χ1n) is 3.84. The first-order chi connectivity index (χ1) is 5.74. The van der Waals surface area contributed by atoms with Crippen LogP contribution in [-0.4, -0.2) is 31.7 Å². The van der Waals surface area contributed by atoms with Crippen LogP contribution < -0.4 is 10.6 Å². The Morgan fingerprint density at radius 3 is 2.75 bits per heavy atom. The third-order valence-electron chi connectivity index (χ3n) is 1.70. The van der Waals surface area contributed by atoms with E-state index >= 15 is 0 Å². The Bertz CT molecular complexity index is 193. The Balaban J connectivity index is 2.24. The average Bonchev–Trinajstić information content (AvgIpc) is 2.31. The van der Waals surface area contributed by atoms with Crippen molar-refractivity contribution < 1.29 is 14.3 Å². The zero-order chi connectivity index (χ0) is 8.97. The van der Waals surface area contributed by atoms with E-state index in [4.69, 9.17) is 4.74 Å². The molecule has 0 aliphatic carbocycles. The normalized spacial score (nSPS) is 22.2. The quantitative estimate of drug-likeness (QED) is 0.448. The molecule has 1 rings (SSSR count). The number of rotatable bonds is 4. The summed E-state index contributed by atoms with van der Waals surface area (Å²) in [5, 5.41) is 4.67. The fraction of sp³-hybridized carbons (Fsp3) is 0.714. The molecule has 1 aliphatic rings. The minimum atomic E-state index is -0.401. The zero-order valence-electron chi connectivity index (χ0n) is 6.92. The Hall–Kier alpha value is -1.10. The molecule has 0 aromatic rings. The molecule has 0 aromatic heterocycles. The summed E-state index contributed by atoms with van der Waals surface area (Å²) in [6.45, 7) is 0.611. The van der Waals surface area contributed by atoms with E-state index in [9.17, 15) is 9.59 Å². The molecule has 0 bridgehead atoms. The van der Waals surface area contributed by atoms with Crippen LogP contribution in [0.5, 0.6) is 0 Å². The molecule has 12 heavy (non-hydrogen) atoms. The van der Waals surface area contributed by atoms with Crippen LogP contribution in [0.4, 0.5) is 4.79 Å². The molecule has 68 valence electrons. The molecule has 1 heterocycles. The van der Waals surface area contributed by atoms with E-state index in [0.29, 0.717) is 13.0 Å². The Morgan fingerprint density at radius 2 is 2.25 bits per heavy atom. The van der Waals surface area contributed by atoms with E-state index in [1.54, 1.807) is 7.11 Å². The van der Waals surface area contributed by atoms with E-state index in [-0.39, 0.29) is 11.9 Å². The fourth-order valence-electron chi connectivity index (χ4n) is 1.09. The monoisotopic (exact) mass is 172 g/mol. The largest absolute Gasteiger partial charge is 0.385 e. The summed E-state index contributed by atoms with van der Waals surface area (Å²) < 4.78 is 4.82. The summed E-state index contributed by atoms with van der Waals surface area (Å²) in [5.74, 6) is -0.240. The predicted octanol–water partition coefficient (Wildman–Crippen LogP) is -0.379. The number of carbonyl (C=O) groups excluding carboxylic acids is 2. The SMILES string of the molecule is COCCCC1NC(=O)NC1=O. The van der Waals surface area contributed by atoms with Crippen LogP contribution in [0.1, 0.15) is 12.8 Å². The van der Waals surface area contributed by atoms with Gasteiger partial charge in [0.2, 0.25) is 0 Å². The third-order valence-corrected chi connectivity index (χ3v) is 1.70. The molecule has 0 aromatic carbocycles. The number of urea groups is 1. The molecule has 0 saturated carbocycles. The van der Waals surface area contributed by atoms with Gasteiger partial charge in [-0.3, -0.25) is 10.1 Å². The van der Waals surface area contributed by atoms with Gasteiger partial charge in [-0.05, 0) is 12.8 Å². The molecule has 1 unspecified atom stereocenters. The van der Waals surface area contributed by atoms with E-state index in [1.807, 2.05) is 0 Å². The van der Waals surface area contributed by atoms with Gasteiger partial charge in [-0.1, -0.05) is 0 Å². The van der Waals surface area contributed by atoms with Crippen LogP contribution in [0.3, 0.4) is 0 Å². The Kier molecular flexibility index (Phi) is 3.04. The van der Waals surface area contributed by atoms with Crippen LogP contribution in [0.2, 0.25) is 0 Å². The molecule has 1 atom stereocenters. The predicted molar refractivity (Wildman–Crippen MR) is 41.6 cm³/mol. The zero-order valence-corrected chi connectivity index (χ0v) is 6.92. The van der Waals surface area contributed by atoms with E-state index in [1.165, 1.54) is 0 Å². The van der Waals surface area contributed by atoms with Crippen LogP contribution >= 0.6 is 0 Å². The summed E-state index contributed by atoms with van der Waals surface area (Å²) in [7, 11) is 1.60. The number of carbonyl (C=O) groups is 2. The molecule has 1 aliphatic heterocycles. The number of imide groups is 1. The van der Waals surface area contributed by atoms with Gasteiger partial charge in [-0.25, -0.2) is 4.79 Å². The van der Waals surface area contributed by atoms with Crippen molar-refractivity contribution in [2.45, 2.75) is 18.9 Å². The number of hydrogen-bond donors (Lipinski definition) is 2. The molecule has 1 saturated heterocycles. The van der Waals surface area contributed by atoms with Gasteiger partial charge in [0, 0.05) is 13.7 Å². The molecular formula is C7H12N2O3. The molecule has 0 radical (unpaired) electrons. The second-order valence-electron chi connectivity index (χ2n) is 2.65. The lowest BCUT2D eigenvalue weighted by molar-refractivity contribution is -0.120. The first kappa shape index (κ1) is 8.99. The van der Waals surface area contributed by atoms with Crippen molar-refractivity contribution in [3.8, 4) is 0 Å². The maximum absolute atomic E-state index is 10.9. The van der Waals surface area contributed by atoms with Crippen molar-refractivity contribution in [2.24, 2.45) is 0 Å². The second kappa shape index (κ2) is 4.06. The summed E-state index contributed by atoms with van der Waals surface area (Å²) in [4.78, 5) is 21.6. The number of amides is 3. The summed E-state index contributed by atoms with van der Waals surface area (Å²) >= 11 is 0. The minimum Gasteiger partial charge on any atom is -0.385 e. The average molecular weight is 172 g/mol. The van der Waals surface area contributed by atoms with Gasteiger partial charge in [0.25, 0.3) is 5.91 Å². The van der Waals surface area contributed by atoms with Crippen molar-refractivity contribution >= 4 is 11.9 Å². The van der Waals surface area contributed by atoms with Crippen LogP contribution in [0.25, 0.3) is 0 Å². The lowest BCUT2D eigenvalue weighted by Gasteiger charge is -2.04. The highest BCUT2D eigenvalue weighted by molar-refractivity contribution is 6.04. The van der Waals surface area contributed by atoms with Gasteiger partial charge in [0.05, 0.1) is 0 Å². The van der Waals surface area contributed by atoms with Gasteiger partial charge < -0.3 is 10.1 Å². The number of hydrogen-bond acceptors (Lipinski definition) is 3. The summed E-state index contributed by atoms with van der Waals surface area (Å²) in [6, 6.07) is -0.768. The van der Waals surface area contributed by atoms with E-state index < -0.39 is 6.03 Å². The highest BCUT2D eigenvalue weighted by atomic mass is 16.5. The van der Waals surface area contributed by atoms with Gasteiger partial charge in [-0.15, -0.1) is 0 Å². The van der Waals surface area contributed by atoms with Gasteiger partial charge in [-0.2, -0.15) is 0 Å². The van der Waals surface area contributed by atoms with E-state index in [0.717, 1.165) is 6.42 Å². The molecule has 3 amide bonds. The standard InChI is InChI=1S/C7H12N2O3/c1-12-4-2-3-5-6(10)9-7(11)8-5/h5H,2-4H2,1H3,(H2,8,9,10,11). The number of nitrogens with one attached hydrogen (secondary N) is 2. The van der Waals surface area contributed by atoms with Crippen molar-refractivity contribution in [3.05, 3.63) is 0 Å². The summed E-state index contributed by atoms with van der Waals surface area (Å²) in [5.41, 5.74) is 0. The third kappa shape index (κ3) is 2.20. The van der Waals surface area contributed by atoms with Crippen molar-refractivity contribution in [1.82, 2.24) is 10.6 Å². The van der Waals surface area contributed by atoms with Gasteiger partial charge in [0.1, 0.15) is 6.04 Å². The Labute approximate surface area is 70.5 Å². The van der Waals surface area contributed by atoms with Crippen LogP contribution in [-0.2, 0) is 9.53 Å². The highest BCUT2D eigenvalue weighted by Gasteiger charge is 2.28. The van der Waals surface area contributed by atoms with Crippen molar-refractivity contribution in [2.75, 3.05) is 13.7 Å². The van der Waals surface area contributed by atoms with Crippen molar-refractivity contribution in [3.63, 3.8) is 0 Å². The smallest absolute Gasteiger partial charge is 0.322 e. The molecule has 5 heteroatoms. The number of methoxy groups -OCH3 is 1. The topological polar surface area (TPSA) is 67.4 Å². The van der Waals surface area contributed by atoms with Crippen molar-refractivity contribution in [1.29, 1.82) is 0 Å². The van der Waals surface area contributed by atoms with Gasteiger partial charge in [0.15, 0.2) is 0 Å². The molecular weight excluding hydrogens is 160 g/mol. The van der Waals surface area contributed by atoms with E-state index in [2.05, 4.69) is 10.6 Å². The minimum absolute atomic E-state index is 0.240. The van der Waals surface area contributed by atoms with Crippen LogP contribution in [0, 0.1) is 0 Å². The highest BCUT2D eigenvalue weighted by Crippen LogP contribution is 2.01. The van der Waals surface area contributed by atoms with Crippen LogP contribution in [0.15, 0.2) is 0 Å². The fourth-order valence-corrected chi connectivity index (χ4v) is 1.09. The first-order valence-corrected chi connectivity index (χ1v) is 3.84. The Morgan fingerprint density at radius 1 is 1.50 bits per heavy atom. The molecule has 2 N–H and O–H groups in total. The lowest BCUT2D eigenvalue weighted by atomic mass is 10.2. The number of ether oxygens (including phenoxy) is 1. The molecule has 0 spiro atoms. The second-order valence-corrected chi connectivity index (χ2v) is 2.65. The molecule has 5 nitrogen and oxygen atoms in total. The summed E-state index contributed by atoms with van der Waals surface area (Å²) in [6.07, 6.45) is 1.40. The van der Waals surface area contributed by atoms with Gasteiger partial charge >= 0.3 is 6.03 Å². The lowest BCUT2D eigenvalue weighted by Crippen LogP contribution is -2.28. The molecule has 1 fully saturated rings. The maximum atomic E-state index is 10.9.